The highest BCUT2D eigenvalue weighted by molar-refractivity contribution is 5.86. The molecule has 0 saturated heterocycles. The molecule has 6 nitrogen and oxygen atoms in total. The van der Waals surface area contributed by atoms with Gasteiger partial charge in [0, 0.05) is 24.7 Å². The highest BCUT2D eigenvalue weighted by atomic mass is 19.1. The number of ketones is 2. The number of aliphatic hydroxyl groups is 4. The number of alkyl halides is 1. The molecular weight excluding hydrogens is 764 g/mol. The minimum Gasteiger partial charge on any atom is -0.393 e. The van der Waals surface area contributed by atoms with Gasteiger partial charge in [0.1, 0.15) is 17.6 Å². The van der Waals surface area contributed by atoms with Crippen molar-refractivity contribution in [3.05, 3.63) is 70.4 Å². The molecule has 2 unspecified atom stereocenters. The van der Waals surface area contributed by atoms with E-state index in [1.54, 1.807) is 13.8 Å². The zero-order valence-electron chi connectivity index (χ0n) is 39.5. The van der Waals surface area contributed by atoms with Crippen molar-refractivity contribution in [3.63, 3.8) is 0 Å². The van der Waals surface area contributed by atoms with Crippen molar-refractivity contribution in [2.24, 2.45) is 45.8 Å². The number of carbonyl (C=O) groups excluding carboxylic acids is 2. The SMILES string of the molecule is C=C1/C(=C\C=C2/CCC[C@]3(C)C([C@H](C)CCC(=O)C(C)(C)C)=CCC23)C[C@@H](O)C[C@@H]1F.C[C@@H](CCC(=O)C(C)(C)O)[C@H]1CCC2/C(=C/C=C3C[C@@H](O)C[C@H](O)C3)CCC[C@@]21C. The first kappa shape index (κ1) is 49.6. The lowest BCUT2D eigenvalue weighted by Gasteiger charge is -2.44. The zero-order valence-corrected chi connectivity index (χ0v) is 39.5. The smallest absolute Gasteiger partial charge is 0.163 e. The fraction of sp³-hybridized carbons (Fsp3) is 0.741. The van der Waals surface area contributed by atoms with Gasteiger partial charge in [-0.1, -0.05) is 108 Å². The fourth-order valence-electron chi connectivity index (χ4n) is 12.5. The first-order valence-electron chi connectivity index (χ1n) is 24.1. The van der Waals surface area contributed by atoms with Crippen LogP contribution in [-0.2, 0) is 9.59 Å². The Morgan fingerprint density at radius 3 is 2.05 bits per heavy atom. The second kappa shape index (κ2) is 20.2. The summed E-state index contributed by atoms with van der Waals surface area (Å²) in [5.41, 5.74) is 5.99. The van der Waals surface area contributed by atoms with Gasteiger partial charge < -0.3 is 20.4 Å². The number of hydrogen-bond acceptors (Lipinski definition) is 6. The van der Waals surface area contributed by atoms with Gasteiger partial charge in [0.15, 0.2) is 5.78 Å². The summed E-state index contributed by atoms with van der Waals surface area (Å²) in [4.78, 5) is 24.6. The van der Waals surface area contributed by atoms with Gasteiger partial charge in [-0.25, -0.2) is 4.39 Å². The van der Waals surface area contributed by atoms with Gasteiger partial charge >= 0.3 is 0 Å². The number of aliphatic hydroxyl groups excluding tert-OH is 3. The maximum absolute atomic E-state index is 14.1. The monoisotopic (exact) mass is 847 g/mol. The normalized spacial score (nSPS) is 36.2. The molecule has 0 heterocycles. The summed E-state index contributed by atoms with van der Waals surface area (Å²) in [6.07, 6.45) is 24.4. The van der Waals surface area contributed by atoms with E-state index in [1.807, 2.05) is 26.8 Å². The van der Waals surface area contributed by atoms with Crippen molar-refractivity contribution in [1.29, 1.82) is 0 Å². The van der Waals surface area contributed by atoms with Crippen molar-refractivity contribution in [3.8, 4) is 0 Å². The molecular formula is C54H83FO6. The van der Waals surface area contributed by atoms with Crippen LogP contribution in [0.1, 0.15) is 178 Å². The predicted octanol–water partition coefficient (Wildman–Crippen LogP) is 11.8. The van der Waals surface area contributed by atoms with Crippen molar-refractivity contribution in [2.75, 3.05) is 0 Å². The molecule has 0 aromatic rings. The van der Waals surface area contributed by atoms with Crippen molar-refractivity contribution in [2.45, 2.75) is 208 Å². The third-order valence-corrected chi connectivity index (χ3v) is 16.3. The lowest BCUT2D eigenvalue weighted by Crippen LogP contribution is -2.36. The molecule has 0 spiro atoms. The molecule has 6 rings (SSSR count). The number of hydrogen-bond donors (Lipinski definition) is 4. The Morgan fingerprint density at radius 2 is 1.41 bits per heavy atom. The fourth-order valence-corrected chi connectivity index (χ4v) is 12.5. The molecule has 0 amide bonds. The maximum atomic E-state index is 14.1. The summed E-state index contributed by atoms with van der Waals surface area (Å²) in [7, 11) is 0. The van der Waals surface area contributed by atoms with E-state index in [0.717, 1.165) is 49.7 Å². The summed E-state index contributed by atoms with van der Waals surface area (Å²) in [5.74, 6) is 2.88. The Labute approximate surface area is 369 Å². The Balaban J connectivity index is 0.000000231. The van der Waals surface area contributed by atoms with Crippen molar-refractivity contribution in [1.82, 2.24) is 0 Å². The summed E-state index contributed by atoms with van der Waals surface area (Å²) < 4.78 is 14.1. The van der Waals surface area contributed by atoms with Crippen LogP contribution in [0.2, 0.25) is 0 Å². The summed E-state index contributed by atoms with van der Waals surface area (Å²) >= 11 is 0. The van der Waals surface area contributed by atoms with Gasteiger partial charge in [0.25, 0.3) is 0 Å². The second-order valence-corrected chi connectivity index (χ2v) is 22.5. The van der Waals surface area contributed by atoms with Crippen LogP contribution >= 0.6 is 0 Å². The van der Waals surface area contributed by atoms with E-state index in [0.29, 0.717) is 79.5 Å². The van der Waals surface area contributed by atoms with E-state index >= 15 is 0 Å². The number of Topliss-reactive ketones (excluding diaryl/α,β-unsaturated/α-hetero) is 2. The molecule has 11 atom stereocenters. The van der Waals surface area contributed by atoms with Crippen LogP contribution in [-0.4, -0.2) is 62.1 Å². The summed E-state index contributed by atoms with van der Waals surface area (Å²) in [6.45, 7) is 22.5. The number of carbonyl (C=O) groups is 2. The molecule has 342 valence electrons. The Hall–Kier alpha value is -2.45. The lowest BCUT2D eigenvalue weighted by molar-refractivity contribution is -0.134. The maximum Gasteiger partial charge on any atom is 0.163 e. The van der Waals surface area contributed by atoms with Gasteiger partial charge in [-0.3, -0.25) is 9.59 Å². The quantitative estimate of drug-likeness (QED) is 0.154. The minimum atomic E-state index is -1.23. The van der Waals surface area contributed by atoms with Gasteiger partial charge in [-0.2, -0.15) is 0 Å². The molecule has 5 fully saturated rings. The van der Waals surface area contributed by atoms with Crippen LogP contribution in [0.5, 0.6) is 0 Å². The van der Waals surface area contributed by atoms with E-state index in [4.69, 9.17) is 0 Å². The number of rotatable bonds is 11. The van der Waals surface area contributed by atoms with E-state index < -0.39 is 30.1 Å². The first-order chi connectivity index (χ1) is 28.4. The van der Waals surface area contributed by atoms with E-state index in [1.165, 1.54) is 48.8 Å². The lowest BCUT2D eigenvalue weighted by atomic mass is 9.60. The summed E-state index contributed by atoms with van der Waals surface area (Å²) in [5, 5.41) is 39.8. The average molecular weight is 847 g/mol. The van der Waals surface area contributed by atoms with E-state index in [-0.39, 0.29) is 28.4 Å². The zero-order chi connectivity index (χ0) is 45.1. The minimum absolute atomic E-state index is 0.0539. The Kier molecular flexibility index (Phi) is 16.4. The number of halogens is 1. The largest absolute Gasteiger partial charge is 0.393 e. The summed E-state index contributed by atoms with van der Waals surface area (Å²) in [6, 6.07) is 0. The molecule has 6 aliphatic rings. The van der Waals surface area contributed by atoms with Crippen LogP contribution in [0.15, 0.2) is 70.4 Å². The number of allylic oxidation sites excluding steroid dienone is 9. The van der Waals surface area contributed by atoms with Gasteiger partial charge in [-0.05, 0) is 162 Å². The van der Waals surface area contributed by atoms with Crippen LogP contribution in [0.4, 0.5) is 4.39 Å². The third kappa shape index (κ3) is 12.0. The Morgan fingerprint density at radius 1 is 0.820 bits per heavy atom. The molecule has 5 saturated carbocycles. The highest BCUT2D eigenvalue weighted by Crippen LogP contribution is 2.60. The molecule has 0 radical (unpaired) electrons. The number of fused-ring (bicyclic) bond motifs is 2. The van der Waals surface area contributed by atoms with Gasteiger partial charge in [0.05, 0.1) is 18.3 Å². The van der Waals surface area contributed by atoms with E-state index in [9.17, 15) is 34.4 Å². The van der Waals surface area contributed by atoms with E-state index in [2.05, 4.69) is 58.6 Å². The van der Waals surface area contributed by atoms with Crippen LogP contribution in [0.3, 0.4) is 0 Å². The van der Waals surface area contributed by atoms with Gasteiger partial charge in [0.2, 0.25) is 0 Å². The van der Waals surface area contributed by atoms with Crippen LogP contribution < -0.4 is 0 Å². The molecule has 0 aliphatic heterocycles. The molecule has 4 N–H and O–H groups in total. The third-order valence-electron chi connectivity index (χ3n) is 16.3. The topological polar surface area (TPSA) is 115 Å². The molecule has 0 bridgehead atoms. The van der Waals surface area contributed by atoms with Crippen molar-refractivity contribution >= 4 is 11.6 Å². The van der Waals surface area contributed by atoms with Crippen molar-refractivity contribution < 1.29 is 34.4 Å². The van der Waals surface area contributed by atoms with Gasteiger partial charge in [-0.15, -0.1) is 0 Å². The second-order valence-electron chi connectivity index (χ2n) is 22.5. The molecule has 0 aromatic carbocycles. The van der Waals surface area contributed by atoms with Crippen LogP contribution in [0.25, 0.3) is 0 Å². The first-order valence-corrected chi connectivity index (χ1v) is 24.1. The molecule has 0 aromatic heterocycles. The molecule has 7 heteroatoms. The molecule has 6 aliphatic carbocycles. The van der Waals surface area contributed by atoms with Crippen LogP contribution in [0, 0.1) is 45.8 Å². The standard InChI is InChI=1S/C28H41FO2.C26H42O4/c1-18(9-14-26(31)27(3,4)5)23-12-13-24-20(8-7-15-28(23,24)6)10-11-21-16-22(30)17-25(29)19(21)2;1-17(7-12-24(29)25(2,3)30)22-10-11-23-19(6-5-13-26(22,23)4)9-8-18-14-20(27)16-21(28)15-18/h10-12,18,22,24-25,30H,2,7-9,13-17H2,1,3-6H3;8-9,17,20-23,27-28,30H,5-7,10-16H2,1-4H3/b20-10+,21-11-;19-9+/t18-,22-,24?,25+,28-;17-,20+,21+,22+,23?,26+/m10/s1. The Bertz CT molecular complexity index is 1740. The molecule has 61 heavy (non-hydrogen) atoms. The average Bonchev–Trinajstić information content (AvgIpc) is 3.72. The highest BCUT2D eigenvalue weighted by Gasteiger charge is 2.51. The predicted molar refractivity (Wildman–Crippen MR) is 246 cm³/mol.